The van der Waals surface area contributed by atoms with E-state index in [0.29, 0.717) is 17.7 Å². The molecule has 6 nitrogen and oxygen atoms in total. The Balaban J connectivity index is 1.20. The molecule has 3 aliphatic carbocycles. The predicted octanol–water partition coefficient (Wildman–Crippen LogP) is 2.44. The van der Waals surface area contributed by atoms with Gasteiger partial charge in [-0.25, -0.2) is 4.39 Å². The monoisotopic (exact) mass is 436 g/mol. The van der Waals surface area contributed by atoms with Crippen LogP contribution in [0.15, 0.2) is 18.2 Å². The largest absolute Gasteiger partial charge is 0.484 e. The SMILES string of the molecule is CCCc1ccc(OCC(=O)NC23CC(NC(=O)C4CSCC4OC)(C2)C3)cc1F. The smallest absolute Gasteiger partial charge is 0.258 e. The van der Waals surface area contributed by atoms with Crippen molar-refractivity contribution < 1.29 is 23.5 Å². The van der Waals surface area contributed by atoms with Gasteiger partial charge in [-0.2, -0.15) is 11.8 Å². The van der Waals surface area contributed by atoms with Crippen molar-refractivity contribution >= 4 is 23.6 Å². The highest BCUT2D eigenvalue weighted by molar-refractivity contribution is 7.99. The van der Waals surface area contributed by atoms with Gasteiger partial charge in [0.15, 0.2) is 6.61 Å². The van der Waals surface area contributed by atoms with Crippen LogP contribution >= 0.6 is 11.8 Å². The third-order valence-corrected chi connectivity index (χ3v) is 7.56. The summed E-state index contributed by atoms with van der Waals surface area (Å²) in [5, 5.41) is 6.21. The number of nitrogens with one attached hydrogen (secondary N) is 2. The van der Waals surface area contributed by atoms with E-state index in [0.717, 1.165) is 37.2 Å². The van der Waals surface area contributed by atoms with Crippen molar-refractivity contribution in [3.05, 3.63) is 29.6 Å². The lowest BCUT2D eigenvalue weighted by molar-refractivity contribution is -0.153. The second-order valence-corrected chi connectivity index (χ2v) is 9.91. The summed E-state index contributed by atoms with van der Waals surface area (Å²) in [6.45, 7) is 1.85. The first-order valence-electron chi connectivity index (χ1n) is 10.5. The fourth-order valence-electron chi connectivity index (χ4n) is 4.99. The summed E-state index contributed by atoms with van der Waals surface area (Å²) >= 11 is 1.74. The zero-order chi connectivity index (χ0) is 21.4. The minimum absolute atomic E-state index is 0.0194. The Labute approximate surface area is 180 Å². The Hall–Kier alpha value is -1.80. The number of hydrogen-bond acceptors (Lipinski definition) is 5. The molecule has 2 amide bonds. The Kier molecular flexibility index (Phi) is 5.99. The van der Waals surface area contributed by atoms with Gasteiger partial charge in [0.1, 0.15) is 11.6 Å². The third-order valence-electron chi connectivity index (χ3n) is 6.40. The third kappa shape index (κ3) is 4.17. The summed E-state index contributed by atoms with van der Waals surface area (Å²) < 4.78 is 24.9. The number of methoxy groups -OCH3 is 1. The Morgan fingerprint density at radius 3 is 2.60 bits per heavy atom. The zero-order valence-electron chi connectivity index (χ0n) is 17.5. The van der Waals surface area contributed by atoms with Crippen LogP contribution in [0.2, 0.25) is 0 Å². The number of halogens is 1. The van der Waals surface area contributed by atoms with Crippen LogP contribution in [0.4, 0.5) is 4.39 Å². The van der Waals surface area contributed by atoms with E-state index in [4.69, 9.17) is 9.47 Å². The Morgan fingerprint density at radius 2 is 1.93 bits per heavy atom. The quantitative estimate of drug-likeness (QED) is 0.622. The van der Waals surface area contributed by atoms with Gasteiger partial charge < -0.3 is 20.1 Å². The average Bonchev–Trinajstić information content (AvgIpc) is 3.14. The van der Waals surface area contributed by atoms with Crippen molar-refractivity contribution in [2.45, 2.75) is 56.2 Å². The number of hydrogen-bond donors (Lipinski definition) is 2. The standard InChI is InChI=1S/C22H29FN2O4S/c1-3-4-14-5-6-15(7-17(14)23)29-8-19(26)24-21-11-22(12-21,13-21)25-20(27)16-9-30-10-18(16)28-2/h5-7,16,18H,3-4,8-13H2,1-2H3,(H,24,26)(H,25,27). The van der Waals surface area contributed by atoms with E-state index in [2.05, 4.69) is 10.6 Å². The molecule has 1 aliphatic heterocycles. The molecule has 1 aromatic rings. The van der Waals surface area contributed by atoms with Gasteiger partial charge in [0.25, 0.3) is 5.91 Å². The summed E-state index contributed by atoms with van der Waals surface area (Å²) in [6.07, 6.45) is 3.77. The average molecular weight is 437 g/mol. The Morgan fingerprint density at radius 1 is 1.20 bits per heavy atom. The van der Waals surface area contributed by atoms with Crippen molar-refractivity contribution in [2.75, 3.05) is 25.2 Å². The topological polar surface area (TPSA) is 76.7 Å². The van der Waals surface area contributed by atoms with Crippen molar-refractivity contribution in [1.29, 1.82) is 0 Å². The molecule has 0 radical (unpaired) electrons. The van der Waals surface area contributed by atoms with Crippen molar-refractivity contribution in [1.82, 2.24) is 10.6 Å². The first-order valence-corrected chi connectivity index (χ1v) is 11.7. The van der Waals surface area contributed by atoms with Crippen molar-refractivity contribution in [2.24, 2.45) is 5.92 Å². The molecule has 1 aromatic carbocycles. The minimum atomic E-state index is -0.303. The summed E-state index contributed by atoms with van der Waals surface area (Å²) in [6, 6.07) is 4.73. The Bertz CT molecular complexity index is 814. The van der Waals surface area contributed by atoms with Crippen LogP contribution < -0.4 is 15.4 Å². The lowest BCUT2D eigenvalue weighted by Crippen LogP contribution is -2.84. The maximum absolute atomic E-state index is 14.0. The second kappa shape index (κ2) is 8.38. The van der Waals surface area contributed by atoms with Crippen LogP contribution in [-0.4, -0.2) is 54.2 Å². The molecule has 8 heteroatoms. The zero-order valence-corrected chi connectivity index (χ0v) is 18.3. The minimum Gasteiger partial charge on any atom is -0.484 e. The van der Waals surface area contributed by atoms with E-state index in [1.807, 2.05) is 6.92 Å². The van der Waals surface area contributed by atoms with E-state index in [1.54, 1.807) is 31.0 Å². The van der Waals surface area contributed by atoms with Gasteiger partial charge in [0.05, 0.1) is 12.0 Å². The molecule has 1 heterocycles. The highest BCUT2D eigenvalue weighted by Crippen LogP contribution is 2.60. The van der Waals surface area contributed by atoms with E-state index in [-0.39, 0.29) is 47.3 Å². The molecule has 2 unspecified atom stereocenters. The molecule has 2 N–H and O–H groups in total. The van der Waals surface area contributed by atoms with Crippen LogP contribution in [0, 0.1) is 11.7 Å². The fraction of sp³-hybridized carbons (Fsp3) is 0.636. The number of amides is 2. The highest BCUT2D eigenvalue weighted by Gasteiger charge is 2.69. The maximum atomic E-state index is 14.0. The lowest BCUT2D eigenvalue weighted by Gasteiger charge is -2.70. The van der Waals surface area contributed by atoms with Crippen molar-refractivity contribution in [3.8, 4) is 5.75 Å². The summed E-state index contributed by atoms with van der Waals surface area (Å²) in [7, 11) is 1.65. The van der Waals surface area contributed by atoms with Crippen LogP contribution in [0.25, 0.3) is 0 Å². The number of aryl methyl sites for hydroxylation is 1. The maximum Gasteiger partial charge on any atom is 0.258 e. The van der Waals surface area contributed by atoms with Gasteiger partial charge in [-0.15, -0.1) is 0 Å². The van der Waals surface area contributed by atoms with Crippen LogP contribution in [0.1, 0.15) is 38.2 Å². The summed E-state index contributed by atoms with van der Waals surface area (Å²) in [4.78, 5) is 24.9. The van der Waals surface area contributed by atoms with E-state index in [9.17, 15) is 14.0 Å². The van der Waals surface area contributed by atoms with Gasteiger partial charge in [0, 0.05) is 35.8 Å². The first-order chi connectivity index (χ1) is 14.4. The number of carbonyl (C=O) groups excluding carboxylic acids is 2. The van der Waals surface area contributed by atoms with Crippen LogP contribution in [0.5, 0.6) is 5.75 Å². The number of rotatable bonds is 9. The van der Waals surface area contributed by atoms with Crippen LogP contribution in [-0.2, 0) is 20.7 Å². The van der Waals surface area contributed by atoms with Gasteiger partial charge >= 0.3 is 0 Å². The van der Waals surface area contributed by atoms with Gasteiger partial charge in [0.2, 0.25) is 5.91 Å². The first kappa shape index (κ1) is 21.4. The van der Waals surface area contributed by atoms with E-state index in [1.165, 1.54) is 6.07 Å². The molecule has 164 valence electrons. The molecule has 2 bridgehead atoms. The summed E-state index contributed by atoms with van der Waals surface area (Å²) in [5.74, 6) is 1.43. The van der Waals surface area contributed by atoms with Gasteiger partial charge in [-0.3, -0.25) is 9.59 Å². The molecule has 1 saturated heterocycles. The molecule has 0 spiro atoms. The molecule has 5 rings (SSSR count). The summed E-state index contributed by atoms with van der Waals surface area (Å²) in [5.41, 5.74) is 0.230. The van der Waals surface area contributed by atoms with E-state index < -0.39 is 0 Å². The molecule has 30 heavy (non-hydrogen) atoms. The molecule has 4 aliphatic rings. The molecular formula is C22H29FN2O4S. The molecule has 0 aromatic heterocycles. The van der Waals surface area contributed by atoms with Crippen molar-refractivity contribution in [3.63, 3.8) is 0 Å². The fourth-order valence-corrected chi connectivity index (χ4v) is 6.35. The van der Waals surface area contributed by atoms with Gasteiger partial charge in [-0.05, 0) is 37.3 Å². The predicted molar refractivity (Wildman–Crippen MR) is 113 cm³/mol. The second-order valence-electron chi connectivity index (χ2n) is 8.84. The molecule has 4 fully saturated rings. The van der Waals surface area contributed by atoms with E-state index >= 15 is 0 Å². The number of benzene rings is 1. The molecule has 3 saturated carbocycles. The molecule has 2 atom stereocenters. The van der Waals surface area contributed by atoms with Crippen LogP contribution in [0.3, 0.4) is 0 Å². The number of ether oxygens (including phenoxy) is 2. The molecular weight excluding hydrogens is 407 g/mol. The lowest BCUT2D eigenvalue weighted by atomic mass is 9.44. The van der Waals surface area contributed by atoms with Gasteiger partial charge in [-0.1, -0.05) is 19.4 Å². The number of thioether (sulfide) groups is 1. The normalized spacial score (nSPS) is 31.4. The highest BCUT2D eigenvalue weighted by atomic mass is 32.2. The number of carbonyl (C=O) groups is 2.